The molecule has 1 rings (SSSR count). The second-order valence-corrected chi connectivity index (χ2v) is 3.36. The van der Waals surface area contributed by atoms with Gasteiger partial charge in [0.2, 0.25) is 0 Å². The first-order valence-corrected chi connectivity index (χ1v) is 4.93. The summed E-state index contributed by atoms with van der Waals surface area (Å²) in [6, 6.07) is 1.92. The number of ether oxygens (including phenoxy) is 1. The van der Waals surface area contributed by atoms with E-state index in [9.17, 15) is 0 Å². The lowest BCUT2D eigenvalue weighted by molar-refractivity contribution is 0.410. The standard InChI is InChI=1S/C7H7Br2NO/c1-11-7-4-10-5(3-8)2-6(7)9/h2,4H,3H2,1H3. The van der Waals surface area contributed by atoms with Crippen LogP contribution in [-0.4, -0.2) is 12.1 Å². The van der Waals surface area contributed by atoms with Gasteiger partial charge in [0.25, 0.3) is 0 Å². The summed E-state index contributed by atoms with van der Waals surface area (Å²) >= 11 is 6.68. The molecule has 11 heavy (non-hydrogen) atoms. The molecule has 1 heterocycles. The van der Waals surface area contributed by atoms with Gasteiger partial charge in [0.1, 0.15) is 0 Å². The summed E-state index contributed by atoms with van der Waals surface area (Å²) in [5, 5.41) is 0.760. The Bertz CT molecular complexity index is 252. The molecular weight excluding hydrogens is 274 g/mol. The molecule has 0 atom stereocenters. The average Bonchev–Trinajstić information content (AvgIpc) is 2.04. The fraction of sp³-hybridized carbons (Fsp3) is 0.286. The SMILES string of the molecule is COc1cnc(CBr)cc1Br. The number of alkyl halides is 1. The van der Waals surface area contributed by atoms with Crippen molar-refractivity contribution in [3.8, 4) is 5.75 Å². The van der Waals surface area contributed by atoms with Crippen molar-refractivity contribution in [3.63, 3.8) is 0 Å². The largest absolute Gasteiger partial charge is 0.494 e. The Morgan fingerprint density at radius 3 is 2.82 bits per heavy atom. The number of rotatable bonds is 2. The molecular formula is C7H7Br2NO. The Morgan fingerprint density at radius 2 is 2.36 bits per heavy atom. The van der Waals surface area contributed by atoms with Gasteiger partial charge in [-0.15, -0.1) is 0 Å². The normalized spacial score (nSPS) is 9.73. The van der Waals surface area contributed by atoms with E-state index < -0.39 is 0 Å². The number of pyridine rings is 1. The van der Waals surface area contributed by atoms with Gasteiger partial charge < -0.3 is 4.74 Å². The van der Waals surface area contributed by atoms with Crippen molar-refractivity contribution < 1.29 is 4.74 Å². The number of methoxy groups -OCH3 is 1. The molecule has 0 aliphatic carbocycles. The minimum atomic E-state index is 0.759. The predicted octanol–water partition coefficient (Wildman–Crippen LogP) is 2.75. The quantitative estimate of drug-likeness (QED) is 0.777. The summed E-state index contributed by atoms with van der Waals surface area (Å²) in [6.45, 7) is 0. The molecule has 0 fully saturated rings. The summed E-state index contributed by atoms with van der Waals surface area (Å²) in [7, 11) is 1.62. The van der Waals surface area contributed by atoms with Crippen molar-refractivity contribution in [3.05, 3.63) is 22.4 Å². The van der Waals surface area contributed by atoms with Gasteiger partial charge in [0.05, 0.1) is 23.5 Å². The van der Waals surface area contributed by atoms with Crippen molar-refractivity contribution in [2.45, 2.75) is 5.33 Å². The van der Waals surface area contributed by atoms with Crippen molar-refractivity contribution in [2.24, 2.45) is 0 Å². The molecule has 0 aliphatic rings. The lowest BCUT2D eigenvalue weighted by Gasteiger charge is -2.02. The molecule has 1 aromatic heterocycles. The van der Waals surface area contributed by atoms with E-state index in [4.69, 9.17) is 4.74 Å². The Hall–Kier alpha value is -0.0900. The minimum Gasteiger partial charge on any atom is -0.494 e. The highest BCUT2D eigenvalue weighted by atomic mass is 79.9. The van der Waals surface area contributed by atoms with Gasteiger partial charge in [-0.1, -0.05) is 15.9 Å². The van der Waals surface area contributed by atoms with Crippen LogP contribution in [0.25, 0.3) is 0 Å². The molecule has 0 radical (unpaired) electrons. The Balaban J connectivity index is 2.99. The highest BCUT2D eigenvalue weighted by Gasteiger charge is 2.00. The van der Waals surface area contributed by atoms with Gasteiger partial charge in [-0.25, -0.2) is 0 Å². The van der Waals surface area contributed by atoms with Crippen LogP contribution in [0, 0.1) is 0 Å². The zero-order chi connectivity index (χ0) is 8.27. The molecule has 0 amide bonds. The second kappa shape index (κ2) is 4.07. The van der Waals surface area contributed by atoms with Crippen LogP contribution in [0.5, 0.6) is 5.75 Å². The van der Waals surface area contributed by atoms with Crippen LogP contribution >= 0.6 is 31.9 Å². The fourth-order valence-electron chi connectivity index (χ4n) is 0.681. The molecule has 0 unspecified atom stereocenters. The summed E-state index contributed by atoms with van der Waals surface area (Å²) in [6.07, 6.45) is 1.70. The minimum absolute atomic E-state index is 0.759. The molecule has 1 aromatic rings. The lowest BCUT2D eigenvalue weighted by Crippen LogP contribution is -1.89. The van der Waals surface area contributed by atoms with Crippen LogP contribution in [0.3, 0.4) is 0 Å². The van der Waals surface area contributed by atoms with Crippen LogP contribution in [-0.2, 0) is 5.33 Å². The van der Waals surface area contributed by atoms with E-state index in [2.05, 4.69) is 36.8 Å². The summed E-state index contributed by atoms with van der Waals surface area (Å²) < 4.78 is 5.95. The molecule has 0 saturated heterocycles. The summed E-state index contributed by atoms with van der Waals surface area (Å²) in [5.41, 5.74) is 0.984. The van der Waals surface area contributed by atoms with Crippen molar-refractivity contribution >= 4 is 31.9 Å². The summed E-state index contributed by atoms with van der Waals surface area (Å²) in [5.74, 6) is 0.759. The Kier molecular flexibility index (Phi) is 3.33. The molecule has 0 bridgehead atoms. The highest BCUT2D eigenvalue weighted by molar-refractivity contribution is 9.10. The maximum atomic E-state index is 5.02. The maximum Gasteiger partial charge on any atom is 0.151 e. The molecule has 4 heteroatoms. The fourth-order valence-corrected chi connectivity index (χ4v) is 1.52. The highest BCUT2D eigenvalue weighted by Crippen LogP contribution is 2.24. The molecule has 0 N–H and O–H groups in total. The van der Waals surface area contributed by atoms with Gasteiger partial charge in [-0.05, 0) is 22.0 Å². The second-order valence-electron chi connectivity index (χ2n) is 1.94. The topological polar surface area (TPSA) is 22.1 Å². The van der Waals surface area contributed by atoms with Crippen LogP contribution in [0.1, 0.15) is 5.69 Å². The van der Waals surface area contributed by atoms with Gasteiger partial charge in [-0.3, -0.25) is 4.98 Å². The van der Waals surface area contributed by atoms with E-state index in [1.807, 2.05) is 6.07 Å². The third-order valence-corrected chi connectivity index (χ3v) is 2.43. The smallest absolute Gasteiger partial charge is 0.151 e. The third-order valence-electron chi connectivity index (χ3n) is 1.23. The van der Waals surface area contributed by atoms with Crippen LogP contribution in [0.2, 0.25) is 0 Å². The Labute approximate surface area is 82.2 Å². The molecule has 0 spiro atoms. The molecule has 60 valence electrons. The zero-order valence-electron chi connectivity index (χ0n) is 5.97. The number of hydrogen-bond acceptors (Lipinski definition) is 2. The monoisotopic (exact) mass is 279 g/mol. The average molecular weight is 281 g/mol. The first kappa shape index (κ1) is 9.00. The maximum absolute atomic E-state index is 5.02. The molecule has 2 nitrogen and oxygen atoms in total. The van der Waals surface area contributed by atoms with Gasteiger partial charge in [0.15, 0.2) is 5.75 Å². The van der Waals surface area contributed by atoms with E-state index >= 15 is 0 Å². The van der Waals surface area contributed by atoms with E-state index in [-0.39, 0.29) is 0 Å². The zero-order valence-corrected chi connectivity index (χ0v) is 9.15. The van der Waals surface area contributed by atoms with Gasteiger partial charge >= 0.3 is 0 Å². The number of halogens is 2. The van der Waals surface area contributed by atoms with E-state index in [0.29, 0.717) is 0 Å². The van der Waals surface area contributed by atoms with E-state index in [0.717, 1.165) is 21.2 Å². The lowest BCUT2D eigenvalue weighted by atomic mass is 10.4. The molecule has 0 saturated carbocycles. The number of aromatic nitrogens is 1. The first-order chi connectivity index (χ1) is 5.27. The van der Waals surface area contributed by atoms with Crippen LogP contribution in [0.4, 0.5) is 0 Å². The van der Waals surface area contributed by atoms with Crippen LogP contribution in [0.15, 0.2) is 16.7 Å². The van der Waals surface area contributed by atoms with Crippen molar-refractivity contribution in [2.75, 3.05) is 7.11 Å². The van der Waals surface area contributed by atoms with E-state index in [1.165, 1.54) is 0 Å². The number of hydrogen-bond donors (Lipinski definition) is 0. The summed E-state index contributed by atoms with van der Waals surface area (Å²) in [4.78, 5) is 4.13. The van der Waals surface area contributed by atoms with Gasteiger partial charge in [-0.2, -0.15) is 0 Å². The van der Waals surface area contributed by atoms with Crippen LogP contribution < -0.4 is 4.74 Å². The van der Waals surface area contributed by atoms with E-state index in [1.54, 1.807) is 13.3 Å². The molecule has 0 aromatic carbocycles. The van der Waals surface area contributed by atoms with Crippen molar-refractivity contribution in [1.82, 2.24) is 4.98 Å². The number of nitrogens with zero attached hydrogens (tertiary/aromatic N) is 1. The molecule has 0 aliphatic heterocycles. The Morgan fingerprint density at radius 1 is 1.64 bits per heavy atom. The predicted molar refractivity (Wildman–Crippen MR) is 51.1 cm³/mol. The third kappa shape index (κ3) is 2.17. The van der Waals surface area contributed by atoms with Gasteiger partial charge in [0, 0.05) is 5.33 Å². The van der Waals surface area contributed by atoms with Crippen molar-refractivity contribution in [1.29, 1.82) is 0 Å². The first-order valence-electron chi connectivity index (χ1n) is 3.02.